The maximum atomic E-state index is 11.9. The van der Waals surface area contributed by atoms with Crippen molar-refractivity contribution in [1.29, 1.82) is 5.41 Å². The van der Waals surface area contributed by atoms with E-state index in [9.17, 15) is 4.79 Å². The van der Waals surface area contributed by atoms with Gasteiger partial charge in [0.2, 0.25) is 0 Å². The number of amides is 1. The van der Waals surface area contributed by atoms with Crippen LogP contribution in [0.3, 0.4) is 0 Å². The third-order valence-electron chi connectivity index (χ3n) is 2.84. The minimum Gasteiger partial charge on any atom is -0.495 e. The van der Waals surface area contributed by atoms with E-state index in [0.29, 0.717) is 22.2 Å². The van der Waals surface area contributed by atoms with Crippen molar-refractivity contribution >= 4 is 34.7 Å². The lowest BCUT2D eigenvalue weighted by Gasteiger charge is -2.15. The Balaban J connectivity index is 2.33. The zero-order valence-electron chi connectivity index (χ0n) is 11.5. The standard InChI is InChI=1S/C13H15ClN4O2/c1-17(2)13(19)10-7-12(15)18(16-10)8-4-5-9(14)11(6-8)20-3/h4-6,15H,7H2,1-3H3. The Kier molecular flexibility index (Phi) is 3.94. The predicted octanol–water partition coefficient (Wildman–Crippen LogP) is 1.98. The van der Waals surface area contributed by atoms with Crippen LogP contribution in [-0.4, -0.2) is 43.6 Å². The molecule has 1 aromatic rings. The van der Waals surface area contributed by atoms with Crippen LogP contribution < -0.4 is 9.75 Å². The third-order valence-corrected chi connectivity index (χ3v) is 3.16. The SMILES string of the molecule is COc1cc(N2N=C(C(=O)N(C)C)CC2=N)ccc1Cl. The largest absolute Gasteiger partial charge is 0.495 e. The van der Waals surface area contributed by atoms with E-state index in [1.165, 1.54) is 17.0 Å². The van der Waals surface area contributed by atoms with Crippen LogP contribution in [0.1, 0.15) is 6.42 Å². The summed E-state index contributed by atoms with van der Waals surface area (Å²) in [4.78, 5) is 13.3. The van der Waals surface area contributed by atoms with Gasteiger partial charge in [-0.15, -0.1) is 0 Å². The molecule has 0 spiro atoms. The van der Waals surface area contributed by atoms with E-state index < -0.39 is 0 Å². The number of nitrogens with zero attached hydrogens (tertiary/aromatic N) is 3. The predicted molar refractivity (Wildman–Crippen MR) is 79.0 cm³/mol. The van der Waals surface area contributed by atoms with Gasteiger partial charge in [-0.25, -0.2) is 5.01 Å². The van der Waals surface area contributed by atoms with Crippen LogP contribution in [0.2, 0.25) is 5.02 Å². The molecule has 0 unspecified atom stereocenters. The number of carbonyl (C=O) groups is 1. The number of hydrazone groups is 1. The molecule has 0 bridgehead atoms. The number of benzene rings is 1. The maximum Gasteiger partial charge on any atom is 0.270 e. The lowest BCUT2D eigenvalue weighted by Crippen LogP contribution is -2.29. The number of carbonyl (C=O) groups excluding carboxylic acids is 1. The molecule has 1 amide bonds. The summed E-state index contributed by atoms with van der Waals surface area (Å²) in [7, 11) is 4.83. The summed E-state index contributed by atoms with van der Waals surface area (Å²) in [6.45, 7) is 0. The van der Waals surface area contributed by atoms with Gasteiger partial charge in [-0.05, 0) is 12.1 Å². The van der Waals surface area contributed by atoms with Gasteiger partial charge >= 0.3 is 0 Å². The van der Waals surface area contributed by atoms with Crippen molar-refractivity contribution < 1.29 is 9.53 Å². The first kappa shape index (κ1) is 14.3. The van der Waals surface area contributed by atoms with Gasteiger partial charge in [-0.2, -0.15) is 5.10 Å². The maximum absolute atomic E-state index is 11.9. The van der Waals surface area contributed by atoms with E-state index >= 15 is 0 Å². The Morgan fingerprint density at radius 3 is 2.80 bits per heavy atom. The molecule has 0 saturated carbocycles. The summed E-state index contributed by atoms with van der Waals surface area (Å²) in [5, 5.41) is 14.1. The normalized spacial score (nSPS) is 14.3. The molecule has 1 aromatic carbocycles. The van der Waals surface area contributed by atoms with Gasteiger partial charge in [0.25, 0.3) is 5.91 Å². The highest BCUT2D eigenvalue weighted by Gasteiger charge is 2.27. The van der Waals surface area contributed by atoms with Gasteiger partial charge < -0.3 is 9.64 Å². The molecule has 2 rings (SSSR count). The fraction of sp³-hybridized carbons (Fsp3) is 0.308. The third kappa shape index (κ3) is 2.60. The van der Waals surface area contributed by atoms with Crippen LogP contribution in [0.5, 0.6) is 5.75 Å². The monoisotopic (exact) mass is 294 g/mol. The molecule has 1 N–H and O–H groups in total. The summed E-state index contributed by atoms with van der Waals surface area (Å²) in [5.74, 6) is 0.539. The zero-order valence-corrected chi connectivity index (χ0v) is 12.2. The van der Waals surface area contributed by atoms with E-state index in [1.807, 2.05) is 0 Å². The Morgan fingerprint density at radius 1 is 1.50 bits per heavy atom. The first-order valence-electron chi connectivity index (χ1n) is 5.94. The van der Waals surface area contributed by atoms with Crippen LogP contribution in [0.25, 0.3) is 0 Å². The Hall–Kier alpha value is -2.08. The van der Waals surface area contributed by atoms with Gasteiger partial charge in [0, 0.05) is 20.2 Å². The average Bonchev–Trinajstić information content (AvgIpc) is 2.80. The van der Waals surface area contributed by atoms with E-state index in [-0.39, 0.29) is 18.2 Å². The lowest BCUT2D eigenvalue weighted by atomic mass is 10.2. The van der Waals surface area contributed by atoms with Crippen LogP contribution >= 0.6 is 11.6 Å². The topological polar surface area (TPSA) is 69.0 Å². The van der Waals surface area contributed by atoms with Crippen molar-refractivity contribution in [3.63, 3.8) is 0 Å². The summed E-state index contributed by atoms with van der Waals surface area (Å²) in [5.41, 5.74) is 0.978. The minimum absolute atomic E-state index is 0.196. The first-order chi connectivity index (χ1) is 9.43. The van der Waals surface area contributed by atoms with Crippen molar-refractivity contribution in [2.45, 2.75) is 6.42 Å². The van der Waals surface area contributed by atoms with Gasteiger partial charge in [-0.1, -0.05) is 11.6 Å². The lowest BCUT2D eigenvalue weighted by molar-refractivity contribution is -0.121. The number of hydrogen-bond acceptors (Lipinski definition) is 4. The second-order valence-corrected chi connectivity index (χ2v) is 4.91. The number of rotatable bonds is 3. The number of hydrogen-bond donors (Lipinski definition) is 1. The molecule has 6 nitrogen and oxygen atoms in total. The zero-order chi connectivity index (χ0) is 14.9. The molecule has 1 heterocycles. The second kappa shape index (κ2) is 5.50. The molecule has 1 aliphatic heterocycles. The summed E-state index contributed by atoms with van der Waals surface area (Å²) >= 11 is 5.97. The van der Waals surface area contributed by atoms with Crippen LogP contribution in [0, 0.1) is 5.41 Å². The smallest absolute Gasteiger partial charge is 0.270 e. The van der Waals surface area contributed by atoms with Crippen molar-refractivity contribution in [2.24, 2.45) is 5.10 Å². The van der Waals surface area contributed by atoms with Gasteiger partial charge in [0.1, 0.15) is 17.3 Å². The van der Waals surface area contributed by atoms with Crippen molar-refractivity contribution in [3.8, 4) is 5.75 Å². The van der Waals surface area contributed by atoms with Crippen molar-refractivity contribution in [3.05, 3.63) is 23.2 Å². The summed E-state index contributed by atoms with van der Waals surface area (Å²) in [6, 6.07) is 5.08. The quantitative estimate of drug-likeness (QED) is 0.927. The summed E-state index contributed by atoms with van der Waals surface area (Å²) < 4.78 is 5.14. The molecule has 0 aromatic heterocycles. The van der Waals surface area contributed by atoms with E-state index in [0.717, 1.165) is 0 Å². The molecule has 1 aliphatic rings. The molecule has 0 saturated heterocycles. The van der Waals surface area contributed by atoms with Crippen molar-refractivity contribution in [2.75, 3.05) is 26.2 Å². The van der Waals surface area contributed by atoms with Crippen LogP contribution in [0.4, 0.5) is 5.69 Å². The van der Waals surface area contributed by atoms with Gasteiger partial charge in [0.15, 0.2) is 0 Å². The van der Waals surface area contributed by atoms with E-state index in [2.05, 4.69) is 5.10 Å². The van der Waals surface area contributed by atoms with Crippen LogP contribution in [-0.2, 0) is 4.79 Å². The molecular weight excluding hydrogens is 280 g/mol. The average molecular weight is 295 g/mol. The Morgan fingerprint density at radius 2 is 2.20 bits per heavy atom. The van der Waals surface area contributed by atoms with E-state index in [4.69, 9.17) is 21.7 Å². The molecule has 0 radical (unpaired) electrons. The van der Waals surface area contributed by atoms with Gasteiger partial charge in [-0.3, -0.25) is 10.2 Å². The molecule has 106 valence electrons. The minimum atomic E-state index is -0.196. The second-order valence-electron chi connectivity index (χ2n) is 4.50. The van der Waals surface area contributed by atoms with Crippen LogP contribution in [0.15, 0.2) is 23.3 Å². The molecule has 0 atom stereocenters. The number of halogens is 1. The Labute approximate surface area is 122 Å². The number of amidine groups is 1. The molecule has 0 aliphatic carbocycles. The number of nitrogens with one attached hydrogen (secondary N) is 1. The van der Waals surface area contributed by atoms with Gasteiger partial charge in [0.05, 0.1) is 24.2 Å². The fourth-order valence-electron chi connectivity index (χ4n) is 1.82. The highest BCUT2D eigenvalue weighted by molar-refractivity contribution is 6.44. The first-order valence-corrected chi connectivity index (χ1v) is 6.32. The fourth-order valence-corrected chi connectivity index (χ4v) is 2.01. The highest BCUT2D eigenvalue weighted by atomic mass is 35.5. The molecule has 0 fully saturated rings. The molecule has 7 heteroatoms. The summed E-state index contributed by atoms with van der Waals surface area (Å²) in [6.07, 6.45) is 0.210. The number of ether oxygens (including phenoxy) is 1. The van der Waals surface area contributed by atoms with Crippen molar-refractivity contribution in [1.82, 2.24) is 4.90 Å². The molecule has 20 heavy (non-hydrogen) atoms. The highest BCUT2D eigenvalue weighted by Crippen LogP contribution is 2.31. The molecular formula is C13H15ClN4O2. The van der Waals surface area contributed by atoms with E-state index in [1.54, 1.807) is 32.3 Å². The Bertz CT molecular complexity index is 598. The number of anilines is 1. The number of methoxy groups -OCH3 is 1.